The van der Waals surface area contributed by atoms with Gasteiger partial charge in [-0.25, -0.2) is 9.97 Å². The van der Waals surface area contributed by atoms with Crippen molar-refractivity contribution in [2.75, 3.05) is 19.5 Å². The number of hydrogen-bond acceptors (Lipinski definition) is 4. The summed E-state index contributed by atoms with van der Waals surface area (Å²) in [4.78, 5) is 9.49. The molecule has 0 amide bonds. The van der Waals surface area contributed by atoms with Gasteiger partial charge in [-0.2, -0.15) is 0 Å². The smallest absolute Gasteiger partial charge is 0.162 e. The van der Waals surface area contributed by atoms with E-state index in [1.54, 1.807) is 7.11 Å². The van der Waals surface area contributed by atoms with Crippen LogP contribution in [-0.2, 0) is 16.8 Å². The van der Waals surface area contributed by atoms with Gasteiger partial charge in [0, 0.05) is 25.4 Å². The van der Waals surface area contributed by atoms with Crippen LogP contribution in [0.25, 0.3) is 0 Å². The first-order valence-corrected chi connectivity index (χ1v) is 7.27. The van der Waals surface area contributed by atoms with E-state index in [0.29, 0.717) is 0 Å². The highest BCUT2D eigenvalue weighted by Gasteiger charge is 2.37. The minimum atomic E-state index is -0.277. The van der Waals surface area contributed by atoms with E-state index in [2.05, 4.69) is 19.2 Å². The average molecular weight is 263 g/mol. The van der Waals surface area contributed by atoms with Crippen LogP contribution in [0.1, 0.15) is 56.1 Å². The third-order valence-electron chi connectivity index (χ3n) is 4.26. The lowest BCUT2D eigenvalue weighted by molar-refractivity contribution is -0.0515. The number of methoxy groups -OCH3 is 1. The van der Waals surface area contributed by atoms with Gasteiger partial charge in [-0.15, -0.1) is 0 Å². The zero-order valence-corrected chi connectivity index (χ0v) is 12.5. The molecule has 1 aromatic rings. The second-order valence-corrected chi connectivity index (χ2v) is 5.32. The van der Waals surface area contributed by atoms with Gasteiger partial charge in [0.2, 0.25) is 0 Å². The molecule has 0 saturated heterocycles. The molecule has 0 bridgehead atoms. The fourth-order valence-electron chi connectivity index (χ4n) is 3.07. The molecular weight excluding hydrogens is 238 g/mol. The number of hydrogen-bond donors (Lipinski definition) is 1. The van der Waals surface area contributed by atoms with E-state index in [-0.39, 0.29) is 5.60 Å². The van der Waals surface area contributed by atoms with Crippen molar-refractivity contribution in [3.8, 4) is 0 Å². The molecule has 4 nitrogen and oxygen atoms in total. The minimum absolute atomic E-state index is 0.277. The van der Waals surface area contributed by atoms with E-state index in [4.69, 9.17) is 14.7 Å². The van der Waals surface area contributed by atoms with Crippen LogP contribution in [-0.4, -0.2) is 24.1 Å². The lowest BCUT2D eigenvalue weighted by atomic mass is 9.83. The maximum absolute atomic E-state index is 5.84. The fourth-order valence-corrected chi connectivity index (χ4v) is 3.07. The van der Waals surface area contributed by atoms with Crippen molar-refractivity contribution >= 4 is 5.82 Å². The van der Waals surface area contributed by atoms with E-state index in [1.807, 2.05) is 7.05 Å². The van der Waals surface area contributed by atoms with E-state index in [0.717, 1.165) is 36.6 Å². The maximum Gasteiger partial charge on any atom is 0.162 e. The van der Waals surface area contributed by atoms with Crippen molar-refractivity contribution in [1.82, 2.24) is 9.97 Å². The molecule has 0 spiro atoms. The highest BCUT2D eigenvalue weighted by atomic mass is 16.5. The first kappa shape index (κ1) is 14.3. The van der Waals surface area contributed by atoms with Crippen LogP contribution >= 0.6 is 0 Å². The summed E-state index contributed by atoms with van der Waals surface area (Å²) in [6, 6.07) is 0. The van der Waals surface area contributed by atoms with E-state index < -0.39 is 0 Å². The number of ether oxygens (including phenoxy) is 1. The minimum Gasteiger partial charge on any atom is -0.373 e. The van der Waals surface area contributed by atoms with Crippen LogP contribution in [0.5, 0.6) is 0 Å². The maximum atomic E-state index is 5.84. The van der Waals surface area contributed by atoms with Gasteiger partial charge in [-0.3, -0.25) is 0 Å². The van der Waals surface area contributed by atoms with Gasteiger partial charge in [0.25, 0.3) is 0 Å². The Morgan fingerprint density at radius 2 is 1.89 bits per heavy atom. The number of anilines is 1. The molecule has 1 aliphatic carbocycles. The molecule has 0 atom stereocenters. The Hall–Kier alpha value is -1.16. The van der Waals surface area contributed by atoms with Crippen molar-refractivity contribution in [3.63, 3.8) is 0 Å². The summed E-state index contributed by atoms with van der Waals surface area (Å²) in [5.41, 5.74) is 1.99. The summed E-state index contributed by atoms with van der Waals surface area (Å²) >= 11 is 0. The standard InChI is InChI=1S/C15H25N3O/c1-5-12-11(2)17-14(18-13(12)16-3)15(19-4)9-7-6-8-10-15/h5-10H2,1-4H3,(H,16,17,18). The van der Waals surface area contributed by atoms with E-state index in [1.165, 1.54) is 24.8 Å². The largest absolute Gasteiger partial charge is 0.373 e. The molecular formula is C15H25N3O. The van der Waals surface area contributed by atoms with Crippen molar-refractivity contribution in [2.45, 2.75) is 58.0 Å². The first-order chi connectivity index (χ1) is 9.16. The normalized spacial score (nSPS) is 18.3. The molecule has 0 aromatic carbocycles. The summed E-state index contributed by atoms with van der Waals surface area (Å²) in [7, 11) is 3.71. The Morgan fingerprint density at radius 3 is 2.42 bits per heavy atom. The van der Waals surface area contributed by atoms with Gasteiger partial charge >= 0.3 is 0 Å². The monoisotopic (exact) mass is 263 g/mol. The predicted octanol–water partition coefficient (Wildman–Crippen LogP) is 3.19. The molecule has 0 unspecified atom stereocenters. The molecule has 2 rings (SSSR count). The van der Waals surface area contributed by atoms with Gasteiger partial charge in [-0.05, 0) is 26.2 Å². The van der Waals surface area contributed by atoms with Crippen LogP contribution in [0.4, 0.5) is 5.82 Å². The molecule has 106 valence electrons. The van der Waals surface area contributed by atoms with Crippen molar-refractivity contribution in [2.24, 2.45) is 0 Å². The molecule has 1 aromatic heterocycles. The molecule has 1 saturated carbocycles. The van der Waals surface area contributed by atoms with Crippen LogP contribution in [0.2, 0.25) is 0 Å². The second-order valence-electron chi connectivity index (χ2n) is 5.32. The lowest BCUT2D eigenvalue weighted by Gasteiger charge is -2.35. The summed E-state index contributed by atoms with van der Waals surface area (Å²) in [6.45, 7) is 4.20. The predicted molar refractivity (Wildman–Crippen MR) is 77.5 cm³/mol. The van der Waals surface area contributed by atoms with Crippen molar-refractivity contribution in [3.05, 3.63) is 17.1 Å². The Labute approximate surface area is 116 Å². The second kappa shape index (κ2) is 5.87. The third-order valence-corrected chi connectivity index (χ3v) is 4.26. The molecule has 0 aliphatic heterocycles. The summed E-state index contributed by atoms with van der Waals surface area (Å²) in [6.07, 6.45) is 6.68. The highest BCUT2D eigenvalue weighted by Crippen LogP contribution is 2.39. The molecule has 4 heteroatoms. The number of aryl methyl sites for hydroxylation is 1. The SMILES string of the molecule is CCc1c(C)nc(C2(OC)CCCCC2)nc1NC. The molecule has 1 fully saturated rings. The Morgan fingerprint density at radius 1 is 1.21 bits per heavy atom. The summed E-state index contributed by atoms with van der Waals surface area (Å²) in [5.74, 6) is 1.81. The van der Waals surface area contributed by atoms with Crippen LogP contribution in [0.3, 0.4) is 0 Å². The molecule has 1 aliphatic rings. The summed E-state index contributed by atoms with van der Waals surface area (Å²) in [5, 5.41) is 3.20. The fraction of sp³-hybridized carbons (Fsp3) is 0.733. The Balaban J connectivity index is 2.46. The van der Waals surface area contributed by atoms with Crippen LogP contribution in [0, 0.1) is 6.92 Å². The van der Waals surface area contributed by atoms with Gasteiger partial charge in [0.15, 0.2) is 5.82 Å². The van der Waals surface area contributed by atoms with Gasteiger partial charge in [-0.1, -0.05) is 26.2 Å². The van der Waals surface area contributed by atoms with Gasteiger partial charge in [0.05, 0.1) is 0 Å². The van der Waals surface area contributed by atoms with E-state index >= 15 is 0 Å². The Bertz CT molecular complexity index is 439. The van der Waals surface area contributed by atoms with E-state index in [9.17, 15) is 0 Å². The van der Waals surface area contributed by atoms with Crippen LogP contribution in [0.15, 0.2) is 0 Å². The van der Waals surface area contributed by atoms with Crippen molar-refractivity contribution < 1.29 is 4.74 Å². The average Bonchev–Trinajstić information content (AvgIpc) is 2.47. The van der Waals surface area contributed by atoms with Crippen LogP contribution < -0.4 is 5.32 Å². The molecule has 0 radical (unpaired) electrons. The summed E-state index contributed by atoms with van der Waals surface area (Å²) < 4.78 is 5.84. The zero-order valence-electron chi connectivity index (χ0n) is 12.5. The van der Waals surface area contributed by atoms with Gasteiger partial charge in [0.1, 0.15) is 11.4 Å². The quantitative estimate of drug-likeness (QED) is 0.906. The number of nitrogens with zero attached hydrogens (tertiary/aromatic N) is 2. The third kappa shape index (κ3) is 2.59. The highest BCUT2D eigenvalue weighted by molar-refractivity contribution is 5.46. The number of nitrogens with one attached hydrogen (secondary N) is 1. The molecule has 19 heavy (non-hydrogen) atoms. The molecule has 1 N–H and O–H groups in total. The van der Waals surface area contributed by atoms with Gasteiger partial charge < -0.3 is 10.1 Å². The zero-order chi connectivity index (χ0) is 13.9. The lowest BCUT2D eigenvalue weighted by Crippen LogP contribution is -2.34. The number of aromatic nitrogens is 2. The Kier molecular flexibility index (Phi) is 4.40. The number of rotatable bonds is 4. The first-order valence-electron chi connectivity index (χ1n) is 7.27. The topological polar surface area (TPSA) is 47.0 Å². The van der Waals surface area contributed by atoms with Crippen molar-refractivity contribution in [1.29, 1.82) is 0 Å². The molecule has 1 heterocycles.